The Morgan fingerprint density at radius 2 is 2.10 bits per heavy atom. The standard InChI is InChI=1S/C15H23ClN2O2/c16-13-2-3-15(19)12(10-13)11-18-7-4-14(5-8-18)20-9-1-6-17/h2-3,10,14,19H,1,4-9,11,17H2. The first kappa shape index (κ1) is 15.6. The highest BCUT2D eigenvalue weighted by molar-refractivity contribution is 6.30. The van der Waals surface area contributed by atoms with Gasteiger partial charge >= 0.3 is 0 Å². The number of nitrogens with zero attached hydrogens (tertiary/aromatic N) is 1. The SMILES string of the molecule is NCCCOC1CCN(Cc2cc(Cl)ccc2O)CC1. The van der Waals surface area contributed by atoms with Crippen LogP contribution in [0.3, 0.4) is 0 Å². The van der Waals surface area contributed by atoms with E-state index in [4.69, 9.17) is 22.1 Å². The normalized spacial score (nSPS) is 17.5. The highest BCUT2D eigenvalue weighted by atomic mass is 35.5. The molecule has 0 spiro atoms. The molecule has 1 heterocycles. The minimum Gasteiger partial charge on any atom is -0.508 e. The monoisotopic (exact) mass is 298 g/mol. The molecule has 20 heavy (non-hydrogen) atoms. The second kappa shape index (κ2) is 7.84. The third-order valence-electron chi connectivity index (χ3n) is 3.67. The van der Waals surface area contributed by atoms with Crippen LogP contribution in [0.1, 0.15) is 24.8 Å². The molecule has 0 atom stereocenters. The lowest BCUT2D eigenvalue weighted by atomic mass is 10.1. The second-order valence-electron chi connectivity index (χ2n) is 5.26. The van der Waals surface area contributed by atoms with E-state index in [1.54, 1.807) is 12.1 Å². The van der Waals surface area contributed by atoms with Crippen LogP contribution >= 0.6 is 11.6 Å². The van der Waals surface area contributed by atoms with E-state index in [0.717, 1.165) is 51.1 Å². The molecule has 1 aromatic carbocycles. The zero-order valence-corrected chi connectivity index (χ0v) is 12.5. The summed E-state index contributed by atoms with van der Waals surface area (Å²) in [5.41, 5.74) is 6.34. The Hall–Kier alpha value is -0.810. The number of likely N-dealkylation sites (tertiary alicyclic amines) is 1. The van der Waals surface area contributed by atoms with Gasteiger partial charge in [-0.3, -0.25) is 4.90 Å². The molecule has 0 bridgehead atoms. The van der Waals surface area contributed by atoms with Gasteiger partial charge in [0.2, 0.25) is 0 Å². The van der Waals surface area contributed by atoms with Gasteiger partial charge in [0.05, 0.1) is 6.10 Å². The van der Waals surface area contributed by atoms with Crippen molar-refractivity contribution in [2.45, 2.75) is 31.9 Å². The maximum Gasteiger partial charge on any atom is 0.120 e. The summed E-state index contributed by atoms with van der Waals surface area (Å²) >= 11 is 5.97. The summed E-state index contributed by atoms with van der Waals surface area (Å²) < 4.78 is 5.79. The van der Waals surface area contributed by atoms with Crippen molar-refractivity contribution in [3.05, 3.63) is 28.8 Å². The summed E-state index contributed by atoms with van der Waals surface area (Å²) in [4.78, 5) is 2.33. The van der Waals surface area contributed by atoms with Crippen molar-refractivity contribution in [2.75, 3.05) is 26.2 Å². The van der Waals surface area contributed by atoms with Crippen molar-refractivity contribution >= 4 is 11.6 Å². The Morgan fingerprint density at radius 1 is 1.35 bits per heavy atom. The van der Waals surface area contributed by atoms with E-state index >= 15 is 0 Å². The number of benzene rings is 1. The number of hydrogen-bond acceptors (Lipinski definition) is 4. The lowest BCUT2D eigenvalue weighted by molar-refractivity contribution is 0.00553. The van der Waals surface area contributed by atoms with Crippen LogP contribution in [0, 0.1) is 0 Å². The van der Waals surface area contributed by atoms with Gasteiger partial charge in [0.15, 0.2) is 0 Å². The number of phenols is 1. The van der Waals surface area contributed by atoms with Gasteiger partial charge in [-0.2, -0.15) is 0 Å². The van der Waals surface area contributed by atoms with Gasteiger partial charge in [-0.1, -0.05) is 11.6 Å². The summed E-state index contributed by atoms with van der Waals surface area (Å²) in [6.07, 6.45) is 3.35. The van der Waals surface area contributed by atoms with Crippen molar-refractivity contribution in [1.82, 2.24) is 4.90 Å². The molecule has 0 saturated carbocycles. The molecule has 0 aliphatic carbocycles. The predicted molar refractivity (Wildman–Crippen MR) is 81.0 cm³/mol. The molecule has 4 nitrogen and oxygen atoms in total. The molecule has 5 heteroatoms. The third-order valence-corrected chi connectivity index (χ3v) is 3.91. The maximum atomic E-state index is 9.84. The van der Waals surface area contributed by atoms with Gasteiger partial charge in [0.1, 0.15) is 5.75 Å². The number of piperidine rings is 1. The Morgan fingerprint density at radius 3 is 2.80 bits per heavy atom. The zero-order chi connectivity index (χ0) is 14.4. The molecule has 0 unspecified atom stereocenters. The Kier molecular flexibility index (Phi) is 6.10. The second-order valence-corrected chi connectivity index (χ2v) is 5.70. The number of nitrogens with two attached hydrogens (primary N) is 1. The number of rotatable bonds is 6. The number of aromatic hydroxyl groups is 1. The Bertz CT molecular complexity index is 420. The van der Waals surface area contributed by atoms with Crippen LogP contribution in [0.5, 0.6) is 5.75 Å². The van der Waals surface area contributed by atoms with E-state index in [9.17, 15) is 5.11 Å². The zero-order valence-electron chi connectivity index (χ0n) is 11.7. The van der Waals surface area contributed by atoms with Crippen molar-refractivity contribution in [2.24, 2.45) is 5.73 Å². The molecule has 0 radical (unpaired) electrons. The van der Waals surface area contributed by atoms with E-state index in [1.165, 1.54) is 0 Å². The number of halogens is 1. The molecular formula is C15H23ClN2O2. The van der Waals surface area contributed by atoms with Gasteiger partial charge in [-0.25, -0.2) is 0 Å². The van der Waals surface area contributed by atoms with Gasteiger partial charge in [-0.05, 0) is 44.0 Å². The number of ether oxygens (including phenoxy) is 1. The van der Waals surface area contributed by atoms with Crippen LogP contribution in [0.2, 0.25) is 5.02 Å². The average molecular weight is 299 g/mol. The van der Waals surface area contributed by atoms with Gasteiger partial charge in [0.25, 0.3) is 0 Å². The fraction of sp³-hybridized carbons (Fsp3) is 0.600. The van der Waals surface area contributed by atoms with E-state index in [1.807, 2.05) is 6.07 Å². The van der Waals surface area contributed by atoms with E-state index in [-0.39, 0.29) is 0 Å². The molecule has 2 rings (SSSR count). The average Bonchev–Trinajstić information content (AvgIpc) is 2.45. The summed E-state index contributed by atoms with van der Waals surface area (Å²) in [5, 5.41) is 10.5. The first-order valence-corrected chi connectivity index (χ1v) is 7.58. The summed E-state index contributed by atoms with van der Waals surface area (Å²) in [5.74, 6) is 0.315. The molecule has 0 aromatic heterocycles. The molecule has 1 aromatic rings. The lowest BCUT2D eigenvalue weighted by Crippen LogP contribution is -2.36. The van der Waals surface area contributed by atoms with Gasteiger partial charge in [0, 0.05) is 36.8 Å². The van der Waals surface area contributed by atoms with Crippen LogP contribution in [-0.4, -0.2) is 42.4 Å². The quantitative estimate of drug-likeness (QED) is 0.792. The maximum absolute atomic E-state index is 9.84. The third kappa shape index (κ3) is 4.63. The molecule has 1 aliphatic heterocycles. The largest absolute Gasteiger partial charge is 0.508 e. The Balaban J connectivity index is 1.78. The lowest BCUT2D eigenvalue weighted by Gasteiger charge is -2.32. The van der Waals surface area contributed by atoms with Crippen LogP contribution in [-0.2, 0) is 11.3 Å². The molecule has 3 N–H and O–H groups in total. The van der Waals surface area contributed by atoms with E-state index < -0.39 is 0 Å². The number of hydrogen-bond donors (Lipinski definition) is 2. The van der Waals surface area contributed by atoms with Crippen LogP contribution in [0.25, 0.3) is 0 Å². The summed E-state index contributed by atoms with van der Waals surface area (Å²) in [6, 6.07) is 5.19. The molecule has 1 aliphatic rings. The van der Waals surface area contributed by atoms with Crippen molar-refractivity contribution in [3.8, 4) is 5.75 Å². The molecule has 112 valence electrons. The highest BCUT2D eigenvalue weighted by Crippen LogP contribution is 2.24. The first-order valence-electron chi connectivity index (χ1n) is 7.20. The minimum atomic E-state index is 0.315. The van der Waals surface area contributed by atoms with Gasteiger partial charge in [-0.15, -0.1) is 0 Å². The van der Waals surface area contributed by atoms with Crippen LogP contribution < -0.4 is 5.73 Å². The van der Waals surface area contributed by atoms with Crippen molar-refractivity contribution in [1.29, 1.82) is 0 Å². The van der Waals surface area contributed by atoms with Gasteiger partial charge < -0.3 is 15.6 Å². The first-order chi connectivity index (χ1) is 9.69. The molecule has 1 saturated heterocycles. The minimum absolute atomic E-state index is 0.315. The summed E-state index contributed by atoms with van der Waals surface area (Å²) in [6.45, 7) is 4.16. The molecule has 0 amide bonds. The fourth-order valence-corrected chi connectivity index (χ4v) is 2.68. The highest BCUT2D eigenvalue weighted by Gasteiger charge is 2.20. The Labute approximate surface area is 125 Å². The number of phenolic OH excluding ortho intramolecular Hbond substituents is 1. The van der Waals surface area contributed by atoms with Crippen LogP contribution in [0.15, 0.2) is 18.2 Å². The van der Waals surface area contributed by atoms with Crippen molar-refractivity contribution in [3.63, 3.8) is 0 Å². The van der Waals surface area contributed by atoms with Crippen molar-refractivity contribution < 1.29 is 9.84 Å². The molecule has 1 fully saturated rings. The summed E-state index contributed by atoms with van der Waals surface area (Å²) in [7, 11) is 0. The fourth-order valence-electron chi connectivity index (χ4n) is 2.49. The van der Waals surface area contributed by atoms with E-state index in [0.29, 0.717) is 23.4 Å². The van der Waals surface area contributed by atoms with E-state index in [2.05, 4.69) is 4.90 Å². The smallest absolute Gasteiger partial charge is 0.120 e. The predicted octanol–water partition coefficient (Wildman–Crippen LogP) is 2.38. The van der Waals surface area contributed by atoms with Crippen LogP contribution in [0.4, 0.5) is 0 Å². The molecular weight excluding hydrogens is 276 g/mol. The topological polar surface area (TPSA) is 58.7 Å².